The van der Waals surface area contributed by atoms with Gasteiger partial charge in [0.1, 0.15) is 5.00 Å². The van der Waals surface area contributed by atoms with Crippen LogP contribution in [0.1, 0.15) is 40.1 Å². The number of nitrogens with one attached hydrogen (secondary N) is 1. The lowest BCUT2D eigenvalue weighted by Crippen LogP contribution is -2.23. The van der Waals surface area contributed by atoms with E-state index in [-0.39, 0.29) is 17.9 Å². The molecule has 2 aliphatic carbocycles. The summed E-state index contributed by atoms with van der Waals surface area (Å²) in [5, 5.41) is 3.50. The van der Waals surface area contributed by atoms with E-state index in [4.69, 9.17) is 10.5 Å². The van der Waals surface area contributed by atoms with Gasteiger partial charge in [0.05, 0.1) is 11.7 Å². The first-order chi connectivity index (χ1) is 9.60. The van der Waals surface area contributed by atoms with Crippen LogP contribution < -0.4 is 11.1 Å². The summed E-state index contributed by atoms with van der Waals surface area (Å²) in [5.41, 5.74) is 7.01. The zero-order valence-electron chi connectivity index (χ0n) is 11.4. The molecule has 6 heteroatoms. The van der Waals surface area contributed by atoms with Crippen LogP contribution in [-0.4, -0.2) is 25.0 Å². The summed E-state index contributed by atoms with van der Waals surface area (Å²) in [6.07, 6.45) is 4.52. The van der Waals surface area contributed by atoms with Gasteiger partial charge in [-0.1, -0.05) is 0 Å². The van der Waals surface area contributed by atoms with E-state index in [2.05, 4.69) is 5.32 Å². The number of carbonyl (C=O) groups is 2. The molecular weight excluding hydrogens is 276 g/mol. The standard InChI is InChI=1S/C14H18N2O3S/c1-19-8-4-5-9-10(6-8)20-14(11(9)12(15)17)16-13(18)7-2-3-7/h7-8H,2-6H2,1H3,(H2,15,17)(H,16,18). The van der Waals surface area contributed by atoms with Gasteiger partial charge in [-0.3, -0.25) is 9.59 Å². The molecule has 20 heavy (non-hydrogen) atoms. The highest BCUT2D eigenvalue weighted by molar-refractivity contribution is 7.17. The summed E-state index contributed by atoms with van der Waals surface area (Å²) >= 11 is 1.47. The van der Waals surface area contributed by atoms with Crippen molar-refractivity contribution < 1.29 is 14.3 Å². The van der Waals surface area contributed by atoms with Crippen LogP contribution in [0.3, 0.4) is 0 Å². The summed E-state index contributed by atoms with van der Waals surface area (Å²) < 4.78 is 5.39. The van der Waals surface area contributed by atoms with E-state index < -0.39 is 5.91 Å². The maximum absolute atomic E-state index is 11.9. The van der Waals surface area contributed by atoms with Crippen molar-refractivity contribution in [2.75, 3.05) is 12.4 Å². The van der Waals surface area contributed by atoms with Crippen LogP contribution in [0, 0.1) is 5.92 Å². The van der Waals surface area contributed by atoms with Crippen molar-refractivity contribution in [1.29, 1.82) is 0 Å². The second-order valence-corrected chi connectivity index (χ2v) is 6.54. The number of methoxy groups -OCH3 is 1. The second-order valence-electron chi connectivity index (χ2n) is 5.44. The van der Waals surface area contributed by atoms with E-state index in [1.165, 1.54) is 11.3 Å². The van der Waals surface area contributed by atoms with Crippen molar-refractivity contribution >= 4 is 28.2 Å². The topological polar surface area (TPSA) is 81.4 Å². The first-order valence-electron chi connectivity index (χ1n) is 6.88. The van der Waals surface area contributed by atoms with Gasteiger partial charge in [0.2, 0.25) is 5.91 Å². The Kier molecular flexibility index (Phi) is 3.52. The van der Waals surface area contributed by atoms with E-state index in [0.29, 0.717) is 10.6 Å². The quantitative estimate of drug-likeness (QED) is 0.886. The van der Waals surface area contributed by atoms with Crippen LogP contribution >= 0.6 is 11.3 Å². The molecule has 1 atom stereocenters. The number of ether oxygens (including phenoxy) is 1. The number of primary amides is 1. The zero-order valence-corrected chi connectivity index (χ0v) is 12.2. The van der Waals surface area contributed by atoms with Crippen molar-refractivity contribution in [3.8, 4) is 0 Å². The van der Waals surface area contributed by atoms with Gasteiger partial charge in [-0.2, -0.15) is 0 Å². The SMILES string of the molecule is COC1CCc2c(sc(NC(=O)C3CC3)c2C(N)=O)C1. The van der Waals surface area contributed by atoms with E-state index in [1.807, 2.05) is 0 Å². The highest BCUT2D eigenvalue weighted by Gasteiger charge is 2.33. The van der Waals surface area contributed by atoms with Crippen molar-refractivity contribution in [2.24, 2.45) is 11.7 Å². The minimum absolute atomic E-state index is 0.00869. The average molecular weight is 294 g/mol. The van der Waals surface area contributed by atoms with Gasteiger partial charge in [-0.25, -0.2) is 0 Å². The number of hydrogen-bond donors (Lipinski definition) is 2. The Balaban J connectivity index is 1.91. The van der Waals surface area contributed by atoms with E-state index in [9.17, 15) is 9.59 Å². The number of fused-ring (bicyclic) bond motifs is 1. The molecule has 5 nitrogen and oxygen atoms in total. The first-order valence-corrected chi connectivity index (χ1v) is 7.69. The minimum atomic E-state index is -0.454. The number of carbonyl (C=O) groups excluding carboxylic acids is 2. The van der Waals surface area contributed by atoms with Gasteiger partial charge in [0.25, 0.3) is 5.91 Å². The molecule has 0 saturated heterocycles. The van der Waals surface area contributed by atoms with Gasteiger partial charge in [0, 0.05) is 24.3 Å². The van der Waals surface area contributed by atoms with Crippen LogP contribution in [0.4, 0.5) is 5.00 Å². The van der Waals surface area contributed by atoms with Crippen LogP contribution in [0.5, 0.6) is 0 Å². The van der Waals surface area contributed by atoms with Crippen LogP contribution in [0.25, 0.3) is 0 Å². The van der Waals surface area contributed by atoms with Gasteiger partial charge in [-0.15, -0.1) is 11.3 Å². The van der Waals surface area contributed by atoms with Gasteiger partial charge < -0.3 is 15.8 Å². The summed E-state index contributed by atoms with van der Waals surface area (Å²) in [7, 11) is 1.70. The highest BCUT2D eigenvalue weighted by Crippen LogP contribution is 2.39. The molecule has 0 aliphatic heterocycles. The first kappa shape index (κ1) is 13.6. The third kappa shape index (κ3) is 2.45. The minimum Gasteiger partial charge on any atom is -0.381 e. The molecule has 0 aromatic carbocycles. The monoisotopic (exact) mass is 294 g/mol. The fourth-order valence-electron chi connectivity index (χ4n) is 2.67. The van der Waals surface area contributed by atoms with Crippen molar-refractivity contribution in [3.05, 3.63) is 16.0 Å². The van der Waals surface area contributed by atoms with E-state index in [1.54, 1.807) is 7.11 Å². The Morgan fingerprint density at radius 1 is 1.35 bits per heavy atom. The molecule has 3 N–H and O–H groups in total. The summed E-state index contributed by atoms with van der Waals surface area (Å²) in [5.74, 6) is -0.333. The molecule has 2 amide bonds. The van der Waals surface area contributed by atoms with Crippen LogP contribution in [0.2, 0.25) is 0 Å². The predicted octanol–water partition coefficient (Wildman–Crippen LogP) is 1.70. The third-order valence-electron chi connectivity index (χ3n) is 3.98. The number of amides is 2. The lowest BCUT2D eigenvalue weighted by atomic mass is 9.93. The summed E-state index contributed by atoms with van der Waals surface area (Å²) in [6, 6.07) is 0. The molecular formula is C14H18N2O3S. The molecule has 0 radical (unpaired) electrons. The number of hydrogen-bond acceptors (Lipinski definition) is 4. The smallest absolute Gasteiger partial charge is 0.251 e. The number of rotatable bonds is 4. The van der Waals surface area contributed by atoms with Gasteiger partial charge in [0.15, 0.2) is 0 Å². The molecule has 0 spiro atoms. The Morgan fingerprint density at radius 3 is 2.70 bits per heavy atom. The zero-order chi connectivity index (χ0) is 14.3. The van der Waals surface area contributed by atoms with Crippen LogP contribution in [0.15, 0.2) is 0 Å². The normalized spacial score (nSPS) is 21.4. The Labute approximate surface area is 121 Å². The second kappa shape index (κ2) is 5.18. The van der Waals surface area contributed by atoms with Gasteiger partial charge in [-0.05, 0) is 31.2 Å². The fraction of sp³-hybridized carbons (Fsp3) is 0.571. The molecule has 1 fully saturated rings. The largest absolute Gasteiger partial charge is 0.381 e. The molecule has 1 aromatic rings. The third-order valence-corrected chi connectivity index (χ3v) is 5.15. The summed E-state index contributed by atoms with van der Waals surface area (Å²) in [6.45, 7) is 0. The number of nitrogens with two attached hydrogens (primary N) is 1. The Bertz CT molecular complexity index is 563. The lowest BCUT2D eigenvalue weighted by Gasteiger charge is -2.20. The molecule has 108 valence electrons. The number of anilines is 1. The van der Waals surface area contributed by atoms with Gasteiger partial charge >= 0.3 is 0 Å². The maximum Gasteiger partial charge on any atom is 0.251 e. The fourth-order valence-corrected chi connectivity index (χ4v) is 3.99. The lowest BCUT2D eigenvalue weighted by molar-refractivity contribution is -0.117. The van der Waals surface area contributed by atoms with Crippen LogP contribution in [-0.2, 0) is 22.4 Å². The molecule has 1 unspecified atom stereocenters. The average Bonchev–Trinajstić information content (AvgIpc) is 3.19. The molecule has 1 aromatic heterocycles. The molecule has 1 saturated carbocycles. The summed E-state index contributed by atoms with van der Waals surface area (Å²) in [4.78, 5) is 24.7. The molecule has 2 aliphatic rings. The van der Waals surface area contributed by atoms with E-state index >= 15 is 0 Å². The molecule has 3 rings (SSSR count). The van der Waals surface area contributed by atoms with Crippen molar-refractivity contribution in [3.63, 3.8) is 0 Å². The maximum atomic E-state index is 11.9. The highest BCUT2D eigenvalue weighted by atomic mass is 32.1. The molecule has 1 heterocycles. The Morgan fingerprint density at radius 2 is 2.10 bits per heavy atom. The van der Waals surface area contributed by atoms with E-state index in [0.717, 1.165) is 42.5 Å². The van der Waals surface area contributed by atoms with Crippen molar-refractivity contribution in [1.82, 2.24) is 0 Å². The van der Waals surface area contributed by atoms with Crippen molar-refractivity contribution in [2.45, 2.75) is 38.2 Å². The Hall–Kier alpha value is -1.40. The molecule has 0 bridgehead atoms. The predicted molar refractivity (Wildman–Crippen MR) is 77.0 cm³/mol. The number of thiophene rings is 1.